The number of para-hydroxylation sites is 1. The van der Waals surface area contributed by atoms with Gasteiger partial charge in [0.1, 0.15) is 0 Å². The van der Waals surface area contributed by atoms with Crippen LogP contribution < -0.4 is 0 Å². The van der Waals surface area contributed by atoms with Gasteiger partial charge in [-0.3, -0.25) is 9.98 Å². The molecule has 132 valence electrons. The number of hydrogen-bond acceptors (Lipinski definition) is 6. The number of imidazole rings is 1. The number of H-pyrrole nitrogens is 1. The van der Waals surface area contributed by atoms with Gasteiger partial charge in [-0.1, -0.05) is 30.0 Å². The Morgan fingerprint density at radius 1 is 1.12 bits per heavy atom. The van der Waals surface area contributed by atoms with Gasteiger partial charge in [0, 0.05) is 42.4 Å². The number of thioether (sulfide) groups is 1. The molecule has 1 atom stereocenters. The number of allylic oxidation sites excluding steroid dienone is 1. The van der Waals surface area contributed by atoms with Crippen molar-refractivity contribution in [2.24, 2.45) is 4.99 Å². The van der Waals surface area contributed by atoms with E-state index in [0.29, 0.717) is 17.7 Å². The van der Waals surface area contributed by atoms with Gasteiger partial charge in [0.25, 0.3) is 0 Å². The van der Waals surface area contributed by atoms with Crippen molar-refractivity contribution >= 4 is 38.7 Å². The Kier molecular flexibility index (Phi) is 4.37. The molecule has 0 saturated carbocycles. The minimum Gasteiger partial charge on any atom is -0.340 e. The summed E-state index contributed by atoms with van der Waals surface area (Å²) in [4.78, 5) is 14.7. The second kappa shape index (κ2) is 6.69. The number of sulfone groups is 1. The number of fused-ring (bicyclic) bond motifs is 1. The first-order chi connectivity index (χ1) is 12.6. The van der Waals surface area contributed by atoms with Gasteiger partial charge >= 0.3 is 0 Å². The number of aromatic amines is 1. The number of hydrogen-bond donors (Lipinski definition) is 1. The van der Waals surface area contributed by atoms with E-state index in [-0.39, 0.29) is 4.90 Å². The maximum atomic E-state index is 13.5. The summed E-state index contributed by atoms with van der Waals surface area (Å²) in [6, 6.07) is 8.85. The van der Waals surface area contributed by atoms with E-state index in [2.05, 4.69) is 19.9 Å². The Labute approximate surface area is 155 Å². The normalized spacial score (nSPS) is 19.4. The fourth-order valence-corrected chi connectivity index (χ4v) is 5.87. The first-order valence-corrected chi connectivity index (χ1v) is 10.5. The largest absolute Gasteiger partial charge is 0.340 e. The highest BCUT2D eigenvalue weighted by atomic mass is 32.2. The summed E-state index contributed by atoms with van der Waals surface area (Å²) in [5.74, 6) is 0.562. The van der Waals surface area contributed by atoms with Gasteiger partial charge in [0.2, 0.25) is 9.84 Å². The van der Waals surface area contributed by atoms with E-state index >= 15 is 0 Å². The summed E-state index contributed by atoms with van der Waals surface area (Å²) in [5.41, 5.74) is 0.476. The molecule has 0 aliphatic carbocycles. The summed E-state index contributed by atoms with van der Waals surface area (Å²) in [6.07, 6.45) is 10.3. The van der Waals surface area contributed by atoms with Crippen LogP contribution in [-0.4, -0.2) is 40.2 Å². The van der Waals surface area contributed by atoms with Gasteiger partial charge < -0.3 is 4.98 Å². The van der Waals surface area contributed by atoms with E-state index in [4.69, 9.17) is 0 Å². The maximum Gasteiger partial charge on any atom is 0.209 e. The molecule has 3 aromatic rings. The van der Waals surface area contributed by atoms with Crippen LogP contribution in [0, 0.1) is 0 Å². The molecule has 1 N–H and O–H groups in total. The van der Waals surface area contributed by atoms with E-state index in [1.165, 1.54) is 11.8 Å². The van der Waals surface area contributed by atoms with Crippen molar-refractivity contribution in [3.05, 3.63) is 61.1 Å². The third-order valence-electron chi connectivity index (χ3n) is 4.26. The average Bonchev–Trinajstić information content (AvgIpc) is 3.34. The molecule has 1 aliphatic rings. The summed E-state index contributed by atoms with van der Waals surface area (Å²) in [6.45, 7) is 0. The van der Waals surface area contributed by atoms with Crippen LogP contribution in [0.1, 0.15) is 6.42 Å². The van der Waals surface area contributed by atoms with Crippen LogP contribution in [0.2, 0.25) is 0 Å². The number of nitrogens with one attached hydrogen (secondary N) is 1. The molecule has 0 bridgehead atoms. The van der Waals surface area contributed by atoms with Crippen molar-refractivity contribution in [2.45, 2.75) is 21.3 Å². The number of rotatable bonds is 6. The molecule has 1 aliphatic heterocycles. The van der Waals surface area contributed by atoms with E-state index in [1.807, 2.05) is 12.1 Å². The van der Waals surface area contributed by atoms with Crippen LogP contribution in [-0.2, 0) is 9.84 Å². The van der Waals surface area contributed by atoms with E-state index < -0.39 is 14.7 Å². The Balaban J connectivity index is 1.71. The highest BCUT2D eigenvalue weighted by Gasteiger charge is 2.44. The van der Waals surface area contributed by atoms with Crippen LogP contribution >= 0.6 is 11.8 Å². The first-order valence-electron chi connectivity index (χ1n) is 8.06. The molecule has 26 heavy (non-hydrogen) atoms. The number of nitrogens with zero attached hydrogens (tertiary/aromatic N) is 3. The molecular formula is C18H16N4O2S2. The quantitative estimate of drug-likeness (QED) is 0.659. The highest BCUT2D eigenvalue weighted by molar-refractivity contribution is 7.99. The standard InChI is InChI=1S/C18H16N4O2S2/c23-26(24,15-6-1-4-14-5-2-9-19-16(14)15)18(7-3-10-22-18)8-13-25-17-20-11-12-21-17/h1-7,9-12H,8,13H2,(H,20,21). The second-order valence-electron chi connectivity index (χ2n) is 5.81. The van der Waals surface area contributed by atoms with Crippen LogP contribution in [0.3, 0.4) is 0 Å². The molecular weight excluding hydrogens is 368 g/mol. The molecule has 6 nitrogen and oxygen atoms in total. The molecule has 8 heteroatoms. The third-order valence-corrected chi connectivity index (χ3v) is 7.45. The van der Waals surface area contributed by atoms with Crippen molar-refractivity contribution in [1.82, 2.24) is 15.0 Å². The Hall–Kier alpha value is -2.45. The van der Waals surface area contributed by atoms with Crippen LogP contribution in [0.15, 0.2) is 76.1 Å². The van der Waals surface area contributed by atoms with Gasteiger partial charge in [-0.05, 0) is 24.3 Å². The van der Waals surface area contributed by atoms with Crippen LogP contribution in [0.4, 0.5) is 0 Å². The van der Waals surface area contributed by atoms with Crippen molar-refractivity contribution in [3.8, 4) is 0 Å². The summed E-state index contributed by atoms with van der Waals surface area (Å²) < 4.78 is 27.1. The number of aromatic nitrogens is 3. The molecule has 3 heterocycles. The summed E-state index contributed by atoms with van der Waals surface area (Å²) in [5, 5.41) is 1.55. The predicted octanol–water partition coefficient (Wildman–Crippen LogP) is 3.25. The second-order valence-corrected chi connectivity index (χ2v) is 9.05. The molecule has 4 rings (SSSR count). The Bertz CT molecular complexity index is 1070. The van der Waals surface area contributed by atoms with Gasteiger partial charge in [-0.15, -0.1) is 0 Å². The zero-order valence-corrected chi connectivity index (χ0v) is 15.4. The number of aliphatic imine (C=N–C) groups is 1. The molecule has 0 spiro atoms. The predicted molar refractivity (Wildman–Crippen MR) is 103 cm³/mol. The molecule has 1 unspecified atom stereocenters. The molecule has 0 radical (unpaired) electrons. The zero-order valence-electron chi connectivity index (χ0n) is 13.7. The summed E-state index contributed by atoms with van der Waals surface area (Å²) in [7, 11) is -3.76. The van der Waals surface area contributed by atoms with E-state index in [9.17, 15) is 8.42 Å². The number of benzene rings is 1. The zero-order chi connectivity index (χ0) is 18.0. The SMILES string of the molecule is O=S(=O)(c1cccc2cccnc12)C1(CCSc2ncc[nH]2)C=CC=N1. The van der Waals surface area contributed by atoms with E-state index in [0.717, 1.165) is 10.5 Å². The van der Waals surface area contributed by atoms with Gasteiger partial charge in [0.15, 0.2) is 10.0 Å². The fraction of sp³-hybridized carbons (Fsp3) is 0.167. The molecule has 0 fully saturated rings. The lowest BCUT2D eigenvalue weighted by molar-refractivity contribution is 0.555. The molecule has 0 saturated heterocycles. The Morgan fingerprint density at radius 2 is 2.00 bits per heavy atom. The maximum absolute atomic E-state index is 13.5. The lowest BCUT2D eigenvalue weighted by Gasteiger charge is -2.24. The van der Waals surface area contributed by atoms with Crippen molar-refractivity contribution in [3.63, 3.8) is 0 Å². The highest BCUT2D eigenvalue weighted by Crippen LogP contribution is 2.37. The topological polar surface area (TPSA) is 88.1 Å². The molecule has 2 aromatic heterocycles. The monoisotopic (exact) mass is 384 g/mol. The number of pyridine rings is 1. The van der Waals surface area contributed by atoms with Gasteiger partial charge in [-0.25, -0.2) is 13.4 Å². The van der Waals surface area contributed by atoms with Crippen molar-refractivity contribution in [1.29, 1.82) is 0 Å². The minimum absolute atomic E-state index is 0.210. The third kappa shape index (κ3) is 2.85. The van der Waals surface area contributed by atoms with Crippen molar-refractivity contribution in [2.75, 3.05) is 5.75 Å². The minimum atomic E-state index is -3.76. The lowest BCUT2D eigenvalue weighted by atomic mass is 10.2. The lowest BCUT2D eigenvalue weighted by Crippen LogP contribution is -2.34. The average molecular weight is 384 g/mol. The van der Waals surface area contributed by atoms with Gasteiger partial charge in [0.05, 0.1) is 10.4 Å². The molecule has 1 aromatic carbocycles. The Morgan fingerprint density at radius 3 is 2.77 bits per heavy atom. The van der Waals surface area contributed by atoms with Crippen LogP contribution in [0.25, 0.3) is 10.9 Å². The van der Waals surface area contributed by atoms with Gasteiger partial charge in [-0.2, -0.15) is 0 Å². The smallest absolute Gasteiger partial charge is 0.209 e. The van der Waals surface area contributed by atoms with E-state index in [1.54, 1.807) is 55.2 Å². The fourth-order valence-electron chi connectivity index (χ4n) is 2.95. The molecule has 0 amide bonds. The van der Waals surface area contributed by atoms with Crippen molar-refractivity contribution < 1.29 is 8.42 Å². The van der Waals surface area contributed by atoms with Crippen LogP contribution in [0.5, 0.6) is 0 Å². The first kappa shape index (κ1) is 17.0. The summed E-state index contributed by atoms with van der Waals surface area (Å²) >= 11 is 1.47.